The molecule has 9 heteroatoms. The summed E-state index contributed by atoms with van der Waals surface area (Å²) in [5.41, 5.74) is 0.803. The molecule has 0 saturated heterocycles. The summed E-state index contributed by atoms with van der Waals surface area (Å²) in [7, 11) is -3.57. The van der Waals surface area contributed by atoms with E-state index in [1.54, 1.807) is 12.1 Å². The van der Waals surface area contributed by atoms with E-state index in [1.807, 2.05) is 0 Å². The lowest BCUT2D eigenvalue weighted by Gasteiger charge is -2.22. The molecule has 2 aromatic carbocycles. The molecule has 0 bridgehead atoms. The number of anilines is 1. The maximum atomic E-state index is 12.9. The first-order chi connectivity index (χ1) is 13.8. The summed E-state index contributed by atoms with van der Waals surface area (Å²) in [5.74, 6) is -0.909. The fourth-order valence-electron chi connectivity index (χ4n) is 3.16. The quantitative estimate of drug-likeness (QED) is 0.625. The third-order valence-electron chi connectivity index (χ3n) is 4.68. The molecule has 3 rings (SSSR count). The Bertz CT molecular complexity index is 971. The van der Waals surface area contributed by atoms with Gasteiger partial charge < -0.3 is 5.32 Å². The molecule has 0 atom stereocenters. The van der Waals surface area contributed by atoms with Crippen LogP contribution in [0.1, 0.15) is 42.5 Å². The minimum Gasteiger partial charge on any atom is -0.332 e. The number of rotatable bonds is 5. The minimum atomic E-state index is -3.57. The van der Waals surface area contributed by atoms with Gasteiger partial charge in [-0.2, -0.15) is 0 Å². The zero-order chi connectivity index (χ0) is 20.9. The van der Waals surface area contributed by atoms with Gasteiger partial charge in [0.25, 0.3) is 5.91 Å². The normalized spacial score (nSPS) is 14.9. The molecule has 1 aliphatic carbocycles. The Balaban J connectivity index is 1.57. The molecule has 0 heterocycles. The van der Waals surface area contributed by atoms with Gasteiger partial charge in [-0.15, -0.1) is 0 Å². The molecule has 154 valence electrons. The third-order valence-corrected chi connectivity index (χ3v) is 6.42. The summed E-state index contributed by atoms with van der Waals surface area (Å²) in [6.07, 6.45) is 4.95. The van der Waals surface area contributed by atoms with Crippen molar-refractivity contribution in [2.24, 2.45) is 0 Å². The average Bonchev–Trinajstić information content (AvgIpc) is 2.69. The van der Waals surface area contributed by atoms with E-state index in [4.69, 9.17) is 12.2 Å². The second-order valence-electron chi connectivity index (χ2n) is 6.90. The van der Waals surface area contributed by atoms with Crippen LogP contribution in [-0.4, -0.2) is 25.5 Å². The van der Waals surface area contributed by atoms with Gasteiger partial charge in [0.05, 0.1) is 4.90 Å². The van der Waals surface area contributed by atoms with E-state index in [-0.39, 0.29) is 21.6 Å². The monoisotopic (exact) mass is 435 g/mol. The molecule has 1 amide bonds. The van der Waals surface area contributed by atoms with Crippen LogP contribution >= 0.6 is 12.2 Å². The Morgan fingerprint density at radius 1 is 0.966 bits per heavy atom. The van der Waals surface area contributed by atoms with Crippen LogP contribution in [0.3, 0.4) is 0 Å². The highest BCUT2D eigenvalue weighted by Crippen LogP contribution is 2.20. The van der Waals surface area contributed by atoms with Gasteiger partial charge in [-0.25, -0.2) is 17.5 Å². The number of benzene rings is 2. The fraction of sp³-hybridized carbons (Fsp3) is 0.300. The highest BCUT2D eigenvalue weighted by atomic mass is 32.2. The first-order valence-electron chi connectivity index (χ1n) is 9.34. The highest BCUT2D eigenvalue weighted by molar-refractivity contribution is 7.89. The lowest BCUT2D eigenvalue weighted by atomic mass is 9.96. The summed E-state index contributed by atoms with van der Waals surface area (Å²) in [6.45, 7) is 0. The van der Waals surface area contributed by atoms with Gasteiger partial charge in [-0.1, -0.05) is 19.3 Å². The molecule has 1 saturated carbocycles. The Morgan fingerprint density at radius 2 is 1.59 bits per heavy atom. The van der Waals surface area contributed by atoms with Crippen LogP contribution < -0.4 is 15.4 Å². The second kappa shape index (κ2) is 9.43. The molecular weight excluding hydrogens is 413 g/mol. The van der Waals surface area contributed by atoms with E-state index in [0.717, 1.165) is 32.1 Å². The van der Waals surface area contributed by atoms with Crippen LogP contribution in [0.15, 0.2) is 53.4 Å². The van der Waals surface area contributed by atoms with Crippen molar-refractivity contribution in [2.75, 3.05) is 5.32 Å². The van der Waals surface area contributed by atoms with Gasteiger partial charge in [-0.3, -0.25) is 10.1 Å². The number of hydrogen-bond acceptors (Lipinski definition) is 4. The average molecular weight is 436 g/mol. The van der Waals surface area contributed by atoms with Gasteiger partial charge >= 0.3 is 0 Å². The van der Waals surface area contributed by atoms with E-state index in [2.05, 4.69) is 15.4 Å². The van der Waals surface area contributed by atoms with Crippen molar-refractivity contribution in [3.05, 3.63) is 59.9 Å². The molecule has 0 unspecified atom stereocenters. The van der Waals surface area contributed by atoms with Gasteiger partial charge in [0, 0.05) is 17.3 Å². The summed E-state index contributed by atoms with van der Waals surface area (Å²) in [5, 5.41) is 5.37. The van der Waals surface area contributed by atoms with Crippen LogP contribution in [0.2, 0.25) is 0 Å². The molecule has 0 aromatic heterocycles. The molecule has 0 radical (unpaired) electrons. The van der Waals surface area contributed by atoms with Crippen molar-refractivity contribution in [1.82, 2.24) is 10.0 Å². The maximum Gasteiger partial charge on any atom is 0.257 e. The van der Waals surface area contributed by atoms with E-state index in [0.29, 0.717) is 5.69 Å². The van der Waals surface area contributed by atoms with E-state index < -0.39 is 21.7 Å². The van der Waals surface area contributed by atoms with Crippen molar-refractivity contribution in [1.29, 1.82) is 0 Å². The van der Waals surface area contributed by atoms with E-state index in [9.17, 15) is 17.6 Å². The zero-order valence-corrected chi connectivity index (χ0v) is 17.3. The molecule has 0 aliphatic heterocycles. The highest BCUT2D eigenvalue weighted by Gasteiger charge is 2.21. The largest absolute Gasteiger partial charge is 0.332 e. The van der Waals surface area contributed by atoms with Gasteiger partial charge in [-0.05, 0) is 73.6 Å². The Labute approximate surface area is 174 Å². The molecule has 6 nitrogen and oxygen atoms in total. The molecule has 1 aliphatic rings. The van der Waals surface area contributed by atoms with Gasteiger partial charge in [0.2, 0.25) is 10.0 Å². The first kappa shape index (κ1) is 21.4. The van der Waals surface area contributed by atoms with E-state index >= 15 is 0 Å². The number of carbonyl (C=O) groups is 1. The van der Waals surface area contributed by atoms with Gasteiger partial charge in [0.1, 0.15) is 5.82 Å². The lowest BCUT2D eigenvalue weighted by Crippen LogP contribution is -2.36. The van der Waals surface area contributed by atoms with Crippen molar-refractivity contribution < 1.29 is 17.6 Å². The van der Waals surface area contributed by atoms with Crippen molar-refractivity contribution in [2.45, 2.75) is 43.0 Å². The summed E-state index contributed by atoms with van der Waals surface area (Å²) < 4.78 is 40.7. The van der Waals surface area contributed by atoms with Crippen molar-refractivity contribution in [3.8, 4) is 0 Å². The standard InChI is InChI=1S/C20H22FN3O3S2/c21-15-8-6-14(7-9-15)19(25)23-20(28)22-16-10-12-18(13-11-16)29(26,27)24-17-4-2-1-3-5-17/h6-13,17,24H,1-5H2,(H2,22,23,25,28). The van der Waals surface area contributed by atoms with Gasteiger partial charge in [0.15, 0.2) is 5.11 Å². The summed E-state index contributed by atoms with van der Waals surface area (Å²) in [6, 6.07) is 11.2. The molecule has 0 spiro atoms. The predicted molar refractivity (Wildman–Crippen MR) is 114 cm³/mol. The van der Waals surface area contributed by atoms with Crippen LogP contribution in [0.4, 0.5) is 10.1 Å². The van der Waals surface area contributed by atoms with Crippen LogP contribution in [0, 0.1) is 5.82 Å². The molecular formula is C20H22FN3O3S2. The summed E-state index contributed by atoms with van der Waals surface area (Å²) in [4.78, 5) is 12.3. The van der Waals surface area contributed by atoms with Crippen LogP contribution in [0.5, 0.6) is 0 Å². The van der Waals surface area contributed by atoms with Crippen LogP contribution in [0.25, 0.3) is 0 Å². The predicted octanol–water partition coefficient (Wildman–Crippen LogP) is 3.56. The number of amides is 1. The number of carbonyl (C=O) groups excluding carboxylic acids is 1. The minimum absolute atomic E-state index is 0.0131. The lowest BCUT2D eigenvalue weighted by molar-refractivity contribution is 0.0977. The van der Waals surface area contributed by atoms with Crippen LogP contribution in [-0.2, 0) is 10.0 Å². The fourth-order valence-corrected chi connectivity index (χ4v) is 4.68. The third kappa shape index (κ3) is 6.06. The number of sulfonamides is 1. The SMILES string of the molecule is O=C(NC(=S)Nc1ccc(S(=O)(=O)NC2CCCCC2)cc1)c1ccc(F)cc1. The molecule has 3 N–H and O–H groups in total. The zero-order valence-electron chi connectivity index (χ0n) is 15.7. The number of nitrogens with one attached hydrogen (secondary N) is 3. The van der Waals surface area contributed by atoms with Crippen molar-refractivity contribution >= 4 is 38.9 Å². The molecule has 2 aromatic rings. The van der Waals surface area contributed by atoms with E-state index in [1.165, 1.54) is 36.4 Å². The van der Waals surface area contributed by atoms with Crippen molar-refractivity contribution in [3.63, 3.8) is 0 Å². The number of hydrogen-bond donors (Lipinski definition) is 3. The molecule has 1 fully saturated rings. The maximum absolute atomic E-state index is 12.9. The Hall–Kier alpha value is -2.36. The second-order valence-corrected chi connectivity index (χ2v) is 9.02. The smallest absolute Gasteiger partial charge is 0.257 e. The topological polar surface area (TPSA) is 87.3 Å². The summed E-state index contributed by atoms with van der Waals surface area (Å²) >= 11 is 5.10. The molecule has 29 heavy (non-hydrogen) atoms. The Morgan fingerprint density at radius 3 is 2.21 bits per heavy atom. The Kier molecular flexibility index (Phi) is 6.94. The number of halogens is 1. The first-order valence-corrected chi connectivity index (χ1v) is 11.2. The number of thiocarbonyl (C=S) groups is 1.